The quantitative estimate of drug-likeness (QED) is 0.553. The van der Waals surface area contributed by atoms with Crippen molar-refractivity contribution in [3.8, 4) is 5.69 Å². The molecule has 1 amide bonds. The predicted octanol–water partition coefficient (Wildman–Crippen LogP) is 3.35. The average Bonchev–Trinajstić information content (AvgIpc) is 3.16. The van der Waals surface area contributed by atoms with Crippen molar-refractivity contribution in [3.05, 3.63) is 77.9 Å². The van der Waals surface area contributed by atoms with Crippen LogP contribution in [0.1, 0.15) is 29.8 Å². The fourth-order valence-electron chi connectivity index (χ4n) is 3.41. The van der Waals surface area contributed by atoms with E-state index in [0.29, 0.717) is 18.7 Å². The number of hydrogen-bond acceptors (Lipinski definition) is 4. The molecule has 0 aliphatic rings. The van der Waals surface area contributed by atoms with Gasteiger partial charge in [-0.2, -0.15) is 0 Å². The first-order valence-electron chi connectivity index (χ1n) is 10.1. The fraction of sp³-hybridized carbons (Fsp3) is 0.304. The van der Waals surface area contributed by atoms with Gasteiger partial charge in [-0.25, -0.2) is 13.4 Å². The third-order valence-electron chi connectivity index (χ3n) is 5.08. The molecule has 0 aliphatic heterocycles. The lowest BCUT2D eigenvalue weighted by Crippen LogP contribution is -2.32. The van der Waals surface area contributed by atoms with Gasteiger partial charge in [0.2, 0.25) is 15.9 Å². The molecule has 1 aromatic heterocycles. The van der Waals surface area contributed by atoms with E-state index in [0.717, 1.165) is 22.6 Å². The SMILES string of the molecule is Cc1ccccc1N(CCCC(=O)NCc1ccc(-n2ccnc2C)cc1)S(C)(=O)=O. The molecule has 0 saturated heterocycles. The van der Waals surface area contributed by atoms with Gasteiger partial charge in [-0.3, -0.25) is 9.10 Å². The number of sulfonamides is 1. The number of anilines is 1. The Bertz CT molecular complexity index is 1140. The Labute approximate surface area is 183 Å². The number of para-hydroxylation sites is 1. The minimum atomic E-state index is -3.42. The van der Waals surface area contributed by atoms with Crippen LogP contribution in [0, 0.1) is 13.8 Å². The Morgan fingerprint density at radius 3 is 2.42 bits per heavy atom. The molecule has 164 valence electrons. The standard InChI is InChI=1S/C23H28N4O3S/c1-18-7-4-5-8-22(18)27(31(3,29)30)15-6-9-23(28)25-17-20-10-12-21(13-11-20)26-16-14-24-19(26)2/h4-5,7-8,10-14,16H,6,9,15,17H2,1-3H3,(H,25,28). The Hall–Kier alpha value is -3.13. The maximum absolute atomic E-state index is 12.3. The smallest absolute Gasteiger partial charge is 0.232 e. The highest BCUT2D eigenvalue weighted by Crippen LogP contribution is 2.22. The van der Waals surface area contributed by atoms with Crippen LogP contribution in [0.3, 0.4) is 0 Å². The van der Waals surface area contributed by atoms with Gasteiger partial charge in [0.1, 0.15) is 5.82 Å². The largest absolute Gasteiger partial charge is 0.352 e. The monoisotopic (exact) mass is 440 g/mol. The van der Waals surface area contributed by atoms with Gasteiger partial charge in [-0.15, -0.1) is 0 Å². The van der Waals surface area contributed by atoms with Crippen molar-refractivity contribution in [1.82, 2.24) is 14.9 Å². The first-order valence-corrected chi connectivity index (χ1v) is 12.0. The van der Waals surface area contributed by atoms with Gasteiger partial charge in [0.15, 0.2) is 0 Å². The molecule has 0 bridgehead atoms. The number of imidazole rings is 1. The summed E-state index contributed by atoms with van der Waals surface area (Å²) in [5.41, 5.74) is 3.54. The number of aromatic nitrogens is 2. The van der Waals surface area contributed by atoms with Crippen LogP contribution in [0.5, 0.6) is 0 Å². The topological polar surface area (TPSA) is 84.3 Å². The number of hydrogen-bond donors (Lipinski definition) is 1. The van der Waals surface area contributed by atoms with Crippen molar-refractivity contribution in [3.63, 3.8) is 0 Å². The van der Waals surface area contributed by atoms with Crippen LogP contribution in [0.25, 0.3) is 5.69 Å². The molecule has 2 aromatic carbocycles. The van der Waals surface area contributed by atoms with Crippen molar-refractivity contribution in [2.24, 2.45) is 0 Å². The summed E-state index contributed by atoms with van der Waals surface area (Å²) in [4.78, 5) is 16.5. The predicted molar refractivity (Wildman–Crippen MR) is 123 cm³/mol. The highest BCUT2D eigenvalue weighted by Gasteiger charge is 2.19. The van der Waals surface area contributed by atoms with E-state index >= 15 is 0 Å². The fourth-order valence-corrected chi connectivity index (χ4v) is 4.43. The lowest BCUT2D eigenvalue weighted by atomic mass is 10.2. The number of aryl methyl sites for hydroxylation is 2. The van der Waals surface area contributed by atoms with Crippen LogP contribution in [0.4, 0.5) is 5.69 Å². The van der Waals surface area contributed by atoms with Crippen LogP contribution in [-0.4, -0.2) is 36.7 Å². The molecular weight excluding hydrogens is 412 g/mol. The third kappa shape index (κ3) is 5.95. The molecule has 0 aliphatic carbocycles. The maximum Gasteiger partial charge on any atom is 0.232 e. The molecule has 3 rings (SSSR count). The van der Waals surface area contributed by atoms with Crippen molar-refractivity contribution < 1.29 is 13.2 Å². The van der Waals surface area contributed by atoms with Gasteiger partial charge >= 0.3 is 0 Å². The molecule has 7 nitrogen and oxygen atoms in total. The number of nitrogens with zero attached hydrogens (tertiary/aromatic N) is 3. The molecule has 3 aromatic rings. The summed E-state index contributed by atoms with van der Waals surface area (Å²) in [6, 6.07) is 15.3. The van der Waals surface area contributed by atoms with Crippen molar-refractivity contribution in [2.45, 2.75) is 33.2 Å². The molecular formula is C23H28N4O3S. The molecule has 0 fully saturated rings. The number of benzene rings is 2. The summed E-state index contributed by atoms with van der Waals surface area (Å²) >= 11 is 0. The number of nitrogens with one attached hydrogen (secondary N) is 1. The summed E-state index contributed by atoms with van der Waals surface area (Å²) in [6.07, 6.45) is 5.54. The van der Waals surface area contributed by atoms with E-state index < -0.39 is 10.0 Å². The van der Waals surface area contributed by atoms with Crippen molar-refractivity contribution in [1.29, 1.82) is 0 Å². The Morgan fingerprint density at radius 1 is 1.10 bits per heavy atom. The van der Waals surface area contributed by atoms with Crippen LogP contribution in [0.2, 0.25) is 0 Å². The van der Waals surface area contributed by atoms with E-state index in [4.69, 9.17) is 0 Å². The van der Waals surface area contributed by atoms with Crippen LogP contribution < -0.4 is 9.62 Å². The first-order chi connectivity index (χ1) is 14.8. The highest BCUT2D eigenvalue weighted by molar-refractivity contribution is 7.92. The summed E-state index contributed by atoms with van der Waals surface area (Å²) in [6.45, 7) is 4.50. The summed E-state index contributed by atoms with van der Waals surface area (Å²) < 4.78 is 27.8. The summed E-state index contributed by atoms with van der Waals surface area (Å²) in [5.74, 6) is 0.808. The number of carbonyl (C=O) groups excluding carboxylic acids is 1. The van der Waals surface area contributed by atoms with Gasteiger partial charge in [-0.1, -0.05) is 30.3 Å². The van der Waals surface area contributed by atoms with Crippen molar-refractivity contribution in [2.75, 3.05) is 17.1 Å². The first kappa shape index (κ1) is 22.6. The lowest BCUT2D eigenvalue weighted by Gasteiger charge is -2.24. The molecule has 31 heavy (non-hydrogen) atoms. The van der Waals surface area contributed by atoms with Gasteiger partial charge in [0, 0.05) is 37.6 Å². The second-order valence-corrected chi connectivity index (χ2v) is 9.42. The summed E-state index contributed by atoms with van der Waals surface area (Å²) in [5, 5.41) is 2.90. The average molecular weight is 441 g/mol. The Balaban J connectivity index is 1.51. The van der Waals surface area contributed by atoms with Crippen LogP contribution in [0.15, 0.2) is 60.9 Å². The van der Waals surface area contributed by atoms with E-state index in [1.807, 2.05) is 67.1 Å². The zero-order chi connectivity index (χ0) is 22.4. The van der Waals surface area contributed by atoms with Gasteiger partial charge in [-0.05, 0) is 49.6 Å². The molecule has 1 heterocycles. The highest BCUT2D eigenvalue weighted by atomic mass is 32.2. The van der Waals surface area contributed by atoms with Crippen LogP contribution >= 0.6 is 0 Å². The zero-order valence-electron chi connectivity index (χ0n) is 18.1. The van der Waals surface area contributed by atoms with E-state index in [2.05, 4.69) is 10.3 Å². The number of carbonyl (C=O) groups is 1. The third-order valence-corrected chi connectivity index (χ3v) is 6.26. The van der Waals surface area contributed by atoms with Crippen molar-refractivity contribution >= 4 is 21.6 Å². The molecule has 0 atom stereocenters. The van der Waals surface area contributed by atoms with E-state index in [9.17, 15) is 13.2 Å². The van der Waals surface area contributed by atoms with E-state index in [1.165, 1.54) is 10.6 Å². The normalized spacial score (nSPS) is 11.3. The second-order valence-electron chi connectivity index (χ2n) is 7.51. The molecule has 0 spiro atoms. The van der Waals surface area contributed by atoms with Crippen LogP contribution in [-0.2, 0) is 21.4 Å². The Morgan fingerprint density at radius 2 is 1.81 bits per heavy atom. The van der Waals surface area contributed by atoms with E-state index in [-0.39, 0.29) is 18.9 Å². The minimum Gasteiger partial charge on any atom is -0.352 e. The van der Waals surface area contributed by atoms with E-state index in [1.54, 1.807) is 12.3 Å². The minimum absolute atomic E-state index is 0.104. The number of rotatable bonds is 9. The lowest BCUT2D eigenvalue weighted by molar-refractivity contribution is -0.121. The van der Waals surface area contributed by atoms with Gasteiger partial charge in [0.25, 0.3) is 0 Å². The van der Waals surface area contributed by atoms with Gasteiger partial charge < -0.3 is 9.88 Å². The molecule has 0 radical (unpaired) electrons. The molecule has 0 saturated carbocycles. The molecule has 0 unspecified atom stereocenters. The van der Waals surface area contributed by atoms with Gasteiger partial charge in [0.05, 0.1) is 11.9 Å². The Kier molecular flexibility index (Phi) is 7.12. The second kappa shape index (κ2) is 9.78. The summed E-state index contributed by atoms with van der Waals surface area (Å²) in [7, 11) is -3.42. The molecule has 1 N–H and O–H groups in total. The zero-order valence-corrected chi connectivity index (χ0v) is 18.9. The number of amides is 1. The maximum atomic E-state index is 12.3. The molecule has 8 heteroatoms.